The van der Waals surface area contributed by atoms with Gasteiger partial charge in [-0.1, -0.05) is 60.7 Å². The van der Waals surface area contributed by atoms with Gasteiger partial charge in [0.2, 0.25) is 29.5 Å². The minimum absolute atomic E-state index is 0.0214. The molecule has 0 spiro atoms. The molecule has 0 bridgehead atoms. The van der Waals surface area contributed by atoms with Gasteiger partial charge in [-0.25, -0.2) is 4.79 Å². The molecule has 1 aliphatic rings. The lowest BCUT2D eigenvalue weighted by atomic mass is 10.1. The summed E-state index contributed by atoms with van der Waals surface area (Å²) in [6.07, 6.45) is -0.934. The van der Waals surface area contributed by atoms with Gasteiger partial charge in [0.05, 0.1) is 23.9 Å². The Hall–Kier alpha value is -5.58. The van der Waals surface area contributed by atoms with E-state index in [9.17, 15) is 33.6 Å². The Morgan fingerprint density at radius 3 is 2.17 bits per heavy atom. The lowest BCUT2D eigenvalue weighted by molar-refractivity contribution is -0.139. The molecule has 53 heavy (non-hydrogen) atoms. The molecule has 1 aliphatic heterocycles. The maximum absolute atomic E-state index is 12.8. The van der Waals surface area contributed by atoms with Crippen LogP contribution in [0.4, 0.5) is 10.5 Å². The number of imide groups is 1. The van der Waals surface area contributed by atoms with E-state index in [2.05, 4.69) is 16.0 Å². The largest absolute Gasteiger partial charge is 0.412 e. The molecule has 3 aromatic carbocycles. The van der Waals surface area contributed by atoms with Gasteiger partial charge in [0.25, 0.3) is 0 Å². The first kappa shape index (κ1) is 40.2. The monoisotopic (exact) mass is 745 g/mol. The number of carbonyl (C=O) groups is 7. The number of hydrogen-bond donors (Lipinski definition) is 6. The quantitative estimate of drug-likeness (QED) is 0.0957. The Morgan fingerprint density at radius 1 is 0.849 bits per heavy atom. The van der Waals surface area contributed by atoms with E-state index in [0.29, 0.717) is 5.69 Å². The van der Waals surface area contributed by atoms with E-state index in [1.807, 2.05) is 36.4 Å². The van der Waals surface area contributed by atoms with Crippen molar-refractivity contribution in [1.82, 2.24) is 15.5 Å². The maximum atomic E-state index is 12.8. The molecule has 4 atom stereocenters. The summed E-state index contributed by atoms with van der Waals surface area (Å²) in [5.41, 5.74) is 19.7. The van der Waals surface area contributed by atoms with Crippen LogP contribution in [0, 0.1) is 0 Å². The first-order chi connectivity index (χ1) is 25.4. The second kappa shape index (κ2) is 19.9. The average Bonchev–Trinajstić information content (AvgIpc) is 3.41. The lowest BCUT2D eigenvalue weighted by Crippen LogP contribution is -2.47. The molecule has 6 amide bonds. The van der Waals surface area contributed by atoms with E-state index < -0.39 is 47.1 Å². The summed E-state index contributed by atoms with van der Waals surface area (Å²) in [6, 6.07) is 21.6. The molecule has 1 fully saturated rings. The van der Waals surface area contributed by atoms with Gasteiger partial charge < -0.3 is 37.9 Å². The van der Waals surface area contributed by atoms with Crippen LogP contribution in [0.2, 0.25) is 0 Å². The van der Waals surface area contributed by atoms with Crippen molar-refractivity contribution in [2.24, 2.45) is 17.2 Å². The number of rotatable bonds is 19. The second-order valence-electron chi connectivity index (χ2n) is 12.3. The third kappa shape index (κ3) is 12.9. The van der Waals surface area contributed by atoms with Crippen LogP contribution in [0.25, 0.3) is 0 Å². The SMILES string of the molecule is NC(=O)[C@H](CSC1CC(=O)N(Cc2ccccc2)C1=O)NC(=O)CCC(=O)[C@@H](N)CCNC(=O)Oc1ccc(C[C@H](N)C(=O)Nc2ccccc2)cc1. The number of nitrogens with one attached hydrogen (secondary N) is 3. The zero-order valence-electron chi connectivity index (χ0n) is 28.9. The molecule has 280 valence electrons. The molecule has 1 saturated heterocycles. The van der Waals surface area contributed by atoms with Crippen molar-refractivity contribution in [3.63, 3.8) is 0 Å². The van der Waals surface area contributed by atoms with Crippen molar-refractivity contribution in [3.05, 3.63) is 96.1 Å². The highest BCUT2D eigenvalue weighted by Crippen LogP contribution is 2.27. The molecule has 0 aromatic heterocycles. The van der Waals surface area contributed by atoms with Gasteiger partial charge in [0.1, 0.15) is 17.6 Å². The van der Waals surface area contributed by atoms with E-state index in [-0.39, 0.29) is 74.4 Å². The minimum atomic E-state index is -1.13. The van der Waals surface area contributed by atoms with Gasteiger partial charge in [0, 0.05) is 37.2 Å². The summed E-state index contributed by atoms with van der Waals surface area (Å²) >= 11 is 1.06. The number of nitrogens with zero attached hydrogens (tertiary/aromatic N) is 1. The highest BCUT2D eigenvalue weighted by molar-refractivity contribution is 8.00. The van der Waals surface area contributed by atoms with E-state index in [1.165, 1.54) is 4.90 Å². The zero-order valence-corrected chi connectivity index (χ0v) is 29.7. The smallest absolute Gasteiger partial charge is 0.410 e. The van der Waals surface area contributed by atoms with Gasteiger partial charge in [0.15, 0.2) is 0 Å². The number of hydrogen-bond acceptors (Lipinski definition) is 11. The summed E-state index contributed by atoms with van der Waals surface area (Å²) in [6.45, 7) is 0.167. The number of primary amides is 1. The minimum Gasteiger partial charge on any atom is -0.410 e. The predicted octanol–water partition coefficient (Wildman–Crippen LogP) is 1.38. The summed E-state index contributed by atoms with van der Waals surface area (Å²) in [7, 11) is 0. The molecular weight excluding hydrogens is 703 g/mol. The molecular formula is C37H43N7O8S. The highest BCUT2D eigenvalue weighted by atomic mass is 32.2. The fraction of sp³-hybridized carbons (Fsp3) is 0.324. The number of carbonyl (C=O) groups excluding carboxylic acids is 7. The van der Waals surface area contributed by atoms with E-state index in [1.54, 1.807) is 48.5 Å². The number of benzene rings is 3. The van der Waals surface area contributed by atoms with Crippen LogP contribution in [0.5, 0.6) is 5.75 Å². The van der Waals surface area contributed by atoms with Crippen molar-refractivity contribution in [2.75, 3.05) is 17.6 Å². The summed E-state index contributed by atoms with van der Waals surface area (Å²) in [5.74, 6) is -2.68. The Bertz CT molecular complexity index is 1760. The molecule has 3 aromatic rings. The lowest BCUT2D eigenvalue weighted by Gasteiger charge is -2.18. The molecule has 4 rings (SSSR count). The van der Waals surface area contributed by atoms with Gasteiger partial charge in [-0.15, -0.1) is 11.8 Å². The summed E-state index contributed by atoms with van der Waals surface area (Å²) in [5, 5.41) is 7.04. The van der Waals surface area contributed by atoms with Crippen molar-refractivity contribution < 1.29 is 38.3 Å². The van der Waals surface area contributed by atoms with Crippen molar-refractivity contribution in [1.29, 1.82) is 0 Å². The fourth-order valence-corrected chi connectivity index (χ4v) is 6.44. The van der Waals surface area contributed by atoms with Crippen LogP contribution in [0.3, 0.4) is 0 Å². The van der Waals surface area contributed by atoms with E-state index >= 15 is 0 Å². The number of likely N-dealkylation sites (tertiary alicyclic amines) is 1. The number of Topliss-reactive ketones (excluding diaryl/α,β-unsaturated/α-hetero) is 1. The van der Waals surface area contributed by atoms with Gasteiger partial charge in [-0.05, 0) is 48.2 Å². The topological polar surface area (TPSA) is 246 Å². The molecule has 1 heterocycles. The molecule has 0 saturated carbocycles. The van der Waals surface area contributed by atoms with Gasteiger partial charge in [-0.2, -0.15) is 0 Å². The summed E-state index contributed by atoms with van der Waals surface area (Å²) < 4.78 is 5.25. The number of nitrogens with two attached hydrogens (primary N) is 3. The number of amides is 6. The Morgan fingerprint density at radius 2 is 1.51 bits per heavy atom. The number of anilines is 1. The number of ketones is 1. The normalized spacial score (nSPS) is 15.6. The Kier molecular flexibility index (Phi) is 15.1. The van der Waals surface area contributed by atoms with Crippen LogP contribution >= 0.6 is 11.8 Å². The molecule has 9 N–H and O–H groups in total. The number of para-hydroxylation sites is 1. The molecule has 0 aliphatic carbocycles. The molecule has 16 heteroatoms. The van der Waals surface area contributed by atoms with Crippen molar-refractivity contribution in [3.8, 4) is 5.75 Å². The Labute approximate surface area is 310 Å². The van der Waals surface area contributed by atoms with Crippen molar-refractivity contribution in [2.45, 2.75) is 62.0 Å². The van der Waals surface area contributed by atoms with Crippen LogP contribution in [0.1, 0.15) is 36.8 Å². The standard InChI is InChI=1S/C37H43N7O8S/c38-27(17-18-41-37(51)52-26-13-11-23(12-14-26)19-28(39)35(49)42-25-9-5-2-6-10-25)30(45)15-16-32(46)43-29(34(40)48)22-53-31-20-33(47)44(36(31)50)21-24-7-3-1-4-8-24/h1-14,27-29,31H,15-22,38-39H2,(H2,40,48)(H,41,51)(H,42,49)(H,43,46)/t27-,28-,29-,31?/m0/s1. The first-order valence-electron chi connectivity index (χ1n) is 16.9. The van der Waals surface area contributed by atoms with Crippen molar-refractivity contribution >= 4 is 58.9 Å². The second-order valence-corrected chi connectivity index (χ2v) is 13.6. The number of thioether (sulfide) groups is 1. The van der Waals surface area contributed by atoms with Crippen LogP contribution in [0.15, 0.2) is 84.9 Å². The third-order valence-electron chi connectivity index (χ3n) is 8.23. The fourth-order valence-electron chi connectivity index (χ4n) is 5.24. The van der Waals surface area contributed by atoms with Gasteiger partial charge in [-0.3, -0.25) is 33.7 Å². The zero-order chi connectivity index (χ0) is 38.3. The van der Waals surface area contributed by atoms with Gasteiger partial charge >= 0.3 is 6.09 Å². The molecule has 1 unspecified atom stereocenters. The summed E-state index contributed by atoms with van der Waals surface area (Å²) in [4.78, 5) is 88.3. The number of ether oxygens (including phenoxy) is 1. The average molecular weight is 746 g/mol. The van der Waals surface area contributed by atoms with Crippen LogP contribution < -0.4 is 37.9 Å². The van der Waals surface area contributed by atoms with Crippen LogP contribution in [-0.2, 0) is 41.7 Å². The Balaban J connectivity index is 1.11. The van der Waals surface area contributed by atoms with Crippen LogP contribution in [-0.4, -0.2) is 82.0 Å². The maximum Gasteiger partial charge on any atom is 0.412 e. The predicted molar refractivity (Wildman–Crippen MR) is 198 cm³/mol. The van der Waals surface area contributed by atoms with E-state index in [4.69, 9.17) is 21.9 Å². The molecule has 15 nitrogen and oxygen atoms in total. The molecule has 0 radical (unpaired) electrons. The third-order valence-corrected chi connectivity index (χ3v) is 9.53. The van der Waals surface area contributed by atoms with E-state index in [0.717, 1.165) is 22.9 Å². The first-order valence-corrected chi connectivity index (χ1v) is 18.0. The highest BCUT2D eigenvalue weighted by Gasteiger charge is 2.39.